The van der Waals surface area contributed by atoms with Crippen LogP contribution in [0.4, 0.5) is 5.69 Å². The summed E-state index contributed by atoms with van der Waals surface area (Å²) < 4.78 is 10.5. The van der Waals surface area contributed by atoms with Crippen molar-refractivity contribution >= 4 is 11.6 Å². The molecule has 9 nitrogen and oxygen atoms in total. The quantitative estimate of drug-likeness (QED) is 0.496. The van der Waals surface area contributed by atoms with Gasteiger partial charge < -0.3 is 14.3 Å². The van der Waals surface area contributed by atoms with Crippen LogP contribution in [0.5, 0.6) is 0 Å². The molecule has 2 heterocycles. The first-order chi connectivity index (χ1) is 13.0. The Bertz CT molecular complexity index is 918. The van der Waals surface area contributed by atoms with Gasteiger partial charge in [0.05, 0.1) is 11.2 Å². The molecule has 0 spiro atoms. The van der Waals surface area contributed by atoms with Gasteiger partial charge in [0, 0.05) is 17.7 Å². The van der Waals surface area contributed by atoms with E-state index >= 15 is 0 Å². The van der Waals surface area contributed by atoms with Crippen LogP contribution in [0.15, 0.2) is 51.6 Å². The predicted octanol–water partition coefficient (Wildman–Crippen LogP) is 3.76. The number of benzene rings is 1. The highest BCUT2D eigenvalue weighted by molar-refractivity contribution is 5.91. The summed E-state index contributed by atoms with van der Waals surface area (Å²) in [7, 11) is 0. The number of hydrogen-bond donors (Lipinski definition) is 1. The maximum atomic E-state index is 12.3. The molecule has 0 saturated carbocycles. The van der Waals surface area contributed by atoms with Crippen molar-refractivity contribution < 1.29 is 18.7 Å². The molecule has 1 N–H and O–H groups in total. The number of aromatic nitrogens is 2. The average Bonchev–Trinajstić information content (AvgIpc) is 3.37. The van der Waals surface area contributed by atoms with Gasteiger partial charge in [0.15, 0.2) is 5.76 Å². The first-order valence-electron chi connectivity index (χ1n) is 8.42. The minimum Gasteiger partial charge on any atom is -0.459 e. The fourth-order valence-electron chi connectivity index (χ4n) is 2.51. The van der Waals surface area contributed by atoms with Gasteiger partial charge in [-0.25, -0.2) is 0 Å². The molecule has 1 aromatic carbocycles. The highest BCUT2D eigenvalue weighted by Gasteiger charge is 2.27. The van der Waals surface area contributed by atoms with Crippen LogP contribution in [0.2, 0.25) is 0 Å². The molecular weight excluding hydrogens is 352 g/mol. The maximum absolute atomic E-state index is 12.3. The zero-order valence-electron chi connectivity index (χ0n) is 14.8. The van der Waals surface area contributed by atoms with Gasteiger partial charge in [-0.05, 0) is 30.2 Å². The smallest absolute Gasteiger partial charge is 0.287 e. The van der Waals surface area contributed by atoms with E-state index in [9.17, 15) is 14.9 Å². The number of amides is 1. The molecular formula is C18H18N4O5. The average molecular weight is 370 g/mol. The molecule has 2 aromatic heterocycles. The van der Waals surface area contributed by atoms with Gasteiger partial charge >= 0.3 is 0 Å². The van der Waals surface area contributed by atoms with E-state index < -0.39 is 11.0 Å². The number of furan rings is 1. The Kier molecular flexibility index (Phi) is 5.30. The number of hydrogen-bond acceptors (Lipinski definition) is 7. The van der Waals surface area contributed by atoms with E-state index in [4.69, 9.17) is 8.94 Å². The van der Waals surface area contributed by atoms with Crippen LogP contribution >= 0.6 is 0 Å². The lowest BCUT2D eigenvalue weighted by Gasteiger charge is -2.20. The summed E-state index contributed by atoms with van der Waals surface area (Å²) in [5.41, 5.74) is 0.557. The summed E-state index contributed by atoms with van der Waals surface area (Å²) in [5.74, 6) is 0.408. The molecule has 0 aliphatic heterocycles. The standard InChI is InChI=1S/C18H18N4O5/c1-3-11(2)15(19-17(23)14-5-4-10-26-14)18-20-16(21-27-18)12-6-8-13(9-7-12)22(24)25/h4-11,15H,3H2,1-2H3,(H,19,23)/t11-,15+/m1/s1. The number of nitro benzene ring substituents is 1. The molecule has 3 rings (SSSR count). The van der Waals surface area contributed by atoms with Crippen molar-refractivity contribution in [1.29, 1.82) is 0 Å². The van der Waals surface area contributed by atoms with Gasteiger partial charge in [-0.1, -0.05) is 25.4 Å². The Hall–Kier alpha value is -3.49. The molecule has 3 aromatic rings. The van der Waals surface area contributed by atoms with Gasteiger partial charge in [-0.2, -0.15) is 4.98 Å². The molecule has 0 fully saturated rings. The van der Waals surface area contributed by atoms with Gasteiger partial charge in [-0.15, -0.1) is 0 Å². The second kappa shape index (κ2) is 7.81. The SMILES string of the molecule is CC[C@@H](C)[C@H](NC(=O)c1ccco1)c1nc(-c2ccc([N+](=O)[O-])cc2)no1. The monoisotopic (exact) mass is 370 g/mol. The van der Waals surface area contributed by atoms with Crippen LogP contribution in [0.25, 0.3) is 11.4 Å². The van der Waals surface area contributed by atoms with E-state index in [0.717, 1.165) is 6.42 Å². The highest BCUT2D eigenvalue weighted by atomic mass is 16.6. The van der Waals surface area contributed by atoms with E-state index in [0.29, 0.717) is 11.4 Å². The third-order valence-electron chi connectivity index (χ3n) is 4.29. The molecule has 2 atom stereocenters. The fourth-order valence-corrected chi connectivity index (χ4v) is 2.51. The highest BCUT2D eigenvalue weighted by Crippen LogP contribution is 2.27. The van der Waals surface area contributed by atoms with E-state index in [1.54, 1.807) is 24.3 Å². The number of carbonyl (C=O) groups is 1. The van der Waals surface area contributed by atoms with Crippen molar-refractivity contribution in [3.63, 3.8) is 0 Å². The Labute approximate surface area is 154 Å². The summed E-state index contributed by atoms with van der Waals surface area (Å²) in [6, 6.07) is 8.55. The lowest BCUT2D eigenvalue weighted by Crippen LogP contribution is -2.32. The molecule has 1 amide bonds. The summed E-state index contributed by atoms with van der Waals surface area (Å²) in [5, 5.41) is 17.6. The Morgan fingerprint density at radius 3 is 2.63 bits per heavy atom. The number of nitrogens with one attached hydrogen (secondary N) is 1. The topological polar surface area (TPSA) is 124 Å². The largest absolute Gasteiger partial charge is 0.459 e. The van der Waals surface area contributed by atoms with Gasteiger partial charge in [-0.3, -0.25) is 14.9 Å². The molecule has 0 radical (unpaired) electrons. The Balaban J connectivity index is 1.83. The summed E-state index contributed by atoms with van der Waals surface area (Å²) in [6.07, 6.45) is 2.20. The number of non-ortho nitro benzene ring substituents is 1. The normalized spacial score (nSPS) is 13.1. The first kappa shape index (κ1) is 18.3. The molecule has 0 bridgehead atoms. The first-order valence-corrected chi connectivity index (χ1v) is 8.42. The number of carbonyl (C=O) groups excluding carboxylic acids is 1. The van der Waals surface area contributed by atoms with Crippen molar-refractivity contribution in [1.82, 2.24) is 15.5 Å². The second-order valence-electron chi connectivity index (χ2n) is 6.07. The molecule has 0 unspecified atom stereocenters. The van der Waals surface area contributed by atoms with Crippen LogP contribution < -0.4 is 5.32 Å². The van der Waals surface area contributed by atoms with Gasteiger partial charge in [0.25, 0.3) is 11.6 Å². The van der Waals surface area contributed by atoms with Gasteiger partial charge in [0.2, 0.25) is 11.7 Å². The Morgan fingerprint density at radius 2 is 2.04 bits per heavy atom. The zero-order chi connectivity index (χ0) is 19.4. The van der Waals surface area contributed by atoms with Crippen LogP contribution in [0, 0.1) is 16.0 Å². The predicted molar refractivity (Wildman–Crippen MR) is 94.8 cm³/mol. The summed E-state index contributed by atoms with van der Waals surface area (Å²) in [6.45, 7) is 3.95. The molecule has 27 heavy (non-hydrogen) atoms. The van der Waals surface area contributed by atoms with Crippen LogP contribution in [0.1, 0.15) is 42.8 Å². The van der Waals surface area contributed by atoms with Crippen molar-refractivity contribution in [3.8, 4) is 11.4 Å². The van der Waals surface area contributed by atoms with Crippen molar-refractivity contribution in [2.24, 2.45) is 5.92 Å². The molecule has 0 saturated heterocycles. The third-order valence-corrected chi connectivity index (χ3v) is 4.29. The Morgan fingerprint density at radius 1 is 1.30 bits per heavy atom. The molecule has 9 heteroatoms. The number of nitro groups is 1. The lowest BCUT2D eigenvalue weighted by atomic mass is 9.99. The van der Waals surface area contributed by atoms with E-state index in [1.807, 2.05) is 13.8 Å². The van der Waals surface area contributed by atoms with Crippen LogP contribution in [-0.2, 0) is 0 Å². The minimum absolute atomic E-state index is 0.0225. The molecule has 0 aliphatic rings. The molecule has 140 valence electrons. The third kappa shape index (κ3) is 4.02. The van der Waals surface area contributed by atoms with Gasteiger partial charge in [0.1, 0.15) is 6.04 Å². The summed E-state index contributed by atoms with van der Waals surface area (Å²) >= 11 is 0. The van der Waals surface area contributed by atoms with Crippen LogP contribution in [-0.4, -0.2) is 21.0 Å². The number of nitrogens with zero attached hydrogens (tertiary/aromatic N) is 3. The maximum Gasteiger partial charge on any atom is 0.287 e. The van der Waals surface area contributed by atoms with Crippen molar-refractivity contribution in [2.45, 2.75) is 26.3 Å². The zero-order valence-corrected chi connectivity index (χ0v) is 14.8. The van der Waals surface area contributed by atoms with Crippen molar-refractivity contribution in [2.75, 3.05) is 0 Å². The van der Waals surface area contributed by atoms with E-state index in [-0.39, 0.29) is 29.2 Å². The second-order valence-corrected chi connectivity index (χ2v) is 6.07. The molecule has 0 aliphatic carbocycles. The minimum atomic E-state index is -0.494. The van der Waals surface area contributed by atoms with E-state index in [1.165, 1.54) is 18.4 Å². The number of rotatable bonds is 7. The van der Waals surface area contributed by atoms with E-state index in [2.05, 4.69) is 15.5 Å². The van der Waals surface area contributed by atoms with Crippen molar-refractivity contribution in [3.05, 3.63) is 64.4 Å². The summed E-state index contributed by atoms with van der Waals surface area (Å²) in [4.78, 5) is 27.0. The lowest BCUT2D eigenvalue weighted by molar-refractivity contribution is -0.384. The van der Waals surface area contributed by atoms with Crippen LogP contribution in [0.3, 0.4) is 0 Å². The fraction of sp³-hybridized carbons (Fsp3) is 0.278.